The summed E-state index contributed by atoms with van der Waals surface area (Å²) in [5.74, 6) is 1.41. The van der Waals surface area contributed by atoms with E-state index in [4.69, 9.17) is 9.26 Å². The van der Waals surface area contributed by atoms with Gasteiger partial charge in [-0.1, -0.05) is 12.1 Å². The third-order valence-electron chi connectivity index (χ3n) is 3.16. The summed E-state index contributed by atoms with van der Waals surface area (Å²) in [6.07, 6.45) is 1.03. The molecule has 0 aromatic carbocycles. The topological polar surface area (TPSA) is 63.4 Å². The molecule has 2 heterocycles. The Morgan fingerprint density at radius 1 is 1.56 bits per heavy atom. The van der Waals surface area contributed by atoms with E-state index in [0.717, 1.165) is 38.5 Å². The number of rotatable bonds is 5. The predicted molar refractivity (Wildman–Crippen MR) is 67.3 cm³/mol. The normalized spacial score (nSPS) is 23.2. The predicted octanol–water partition coefficient (Wildman–Crippen LogP) is 0.613. The largest absolute Gasteiger partial charge is 0.374 e. The number of ether oxygens (including phenoxy) is 1. The zero-order chi connectivity index (χ0) is 13.0. The Labute approximate surface area is 108 Å². The number of morpholine rings is 1. The van der Waals surface area contributed by atoms with Crippen LogP contribution >= 0.6 is 0 Å². The minimum absolute atomic E-state index is 0.0635. The van der Waals surface area contributed by atoms with E-state index in [9.17, 15) is 0 Å². The van der Waals surface area contributed by atoms with Gasteiger partial charge in [-0.25, -0.2) is 0 Å². The van der Waals surface area contributed by atoms with Gasteiger partial charge in [-0.15, -0.1) is 0 Å². The Bertz CT molecular complexity index is 369. The van der Waals surface area contributed by atoms with Crippen molar-refractivity contribution < 1.29 is 9.26 Å². The highest BCUT2D eigenvalue weighted by Crippen LogP contribution is 2.10. The van der Waals surface area contributed by atoms with Crippen molar-refractivity contribution in [3.05, 3.63) is 11.7 Å². The fourth-order valence-electron chi connectivity index (χ4n) is 1.97. The van der Waals surface area contributed by atoms with Gasteiger partial charge in [-0.3, -0.25) is 0 Å². The highest BCUT2D eigenvalue weighted by molar-refractivity contribution is 4.91. The average Bonchev–Trinajstić information content (AvgIpc) is 2.85. The van der Waals surface area contributed by atoms with Crippen molar-refractivity contribution in [1.29, 1.82) is 0 Å². The van der Waals surface area contributed by atoms with Gasteiger partial charge in [-0.05, 0) is 14.0 Å². The van der Waals surface area contributed by atoms with E-state index in [-0.39, 0.29) is 12.1 Å². The lowest BCUT2D eigenvalue weighted by molar-refractivity contribution is -0.0194. The third-order valence-corrected chi connectivity index (χ3v) is 3.16. The van der Waals surface area contributed by atoms with Crippen LogP contribution in [0.3, 0.4) is 0 Å². The van der Waals surface area contributed by atoms with Gasteiger partial charge < -0.3 is 19.5 Å². The van der Waals surface area contributed by atoms with Crippen LogP contribution in [0.25, 0.3) is 0 Å². The maximum absolute atomic E-state index is 5.69. The number of nitrogens with zero attached hydrogens (tertiary/aromatic N) is 3. The van der Waals surface area contributed by atoms with Crippen molar-refractivity contribution in [2.24, 2.45) is 0 Å². The molecule has 1 aromatic rings. The molecule has 0 aliphatic carbocycles. The van der Waals surface area contributed by atoms with Gasteiger partial charge in [0.2, 0.25) is 5.89 Å². The smallest absolute Gasteiger partial charge is 0.243 e. The molecule has 1 N–H and O–H groups in total. The maximum Gasteiger partial charge on any atom is 0.243 e. The molecule has 1 aliphatic heterocycles. The van der Waals surface area contributed by atoms with Gasteiger partial charge in [0.15, 0.2) is 5.82 Å². The number of hydrogen-bond donors (Lipinski definition) is 1. The molecule has 1 saturated heterocycles. The second kappa shape index (κ2) is 6.26. The molecule has 0 amide bonds. The van der Waals surface area contributed by atoms with Gasteiger partial charge in [0.1, 0.15) is 0 Å². The van der Waals surface area contributed by atoms with Gasteiger partial charge in [-0.2, -0.15) is 4.98 Å². The summed E-state index contributed by atoms with van der Waals surface area (Å²) in [6, 6.07) is 0.0635. The Morgan fingerprint density at radius 3 is 3.06 bits per heavy atom. The molecule has 2 rings (SSSR count). The van der Waals surface area contributed by atoms with Crippen LogP contribution in [0.1, 0.15) is 31.6 Å². The summed E-state index contributed by atoms with van der Waals surface area (Å²) in [5, 5.41) is 7.28. The maximum atomic E-state index is 5.69. The van der Waals surface area contributed by atoms with Crippen LogP contribution in [-0.2, 0) is 11.2 Å². The first-order valence-electron chi connectivity index (χ1n) is 6.55. The van der Waals surface area contributed by atoms with E-state index < -0.39 is 0 Å². The first-order valence-corrected chi connectivity index (χ1v) is 6.55. The molecule has 0 spiro atoms. The lowest BCUT2D eigenvalue weighted by Gasteiger charge is -2.30. The van der Waals surface area contributed by atoms with E-state index >= 15 is 0 Å². The highest BCUT2D eigenvalue weighted by atomic mass is 16.5. The van der Waals surface area contributed by atoms with Crippen molar-refractivity contribution in [1.82, 2.24) is 20.4 Å². The first-order chi connectivity index (χ1) is 8.69. The molecule has 102 valence electrons. The molecule has 0 radical (unpaired) electrons. The van der Waals surface area contributed by atoms with E-state index in [1.807, 2.05) is 13.8 Å². The molecule has 0 bridgehead atoms. The van der Waals surface area contributed by atoms with Crippen LogP contribution in [-0.4, -0.2) is 54.4 Å². The monoisotopic (exact) mass is 254 g/mol. The standard InChI is InChI=1S/C12H22N4O2/c1-4-11-14-12(18-15-11)9(2)13-7-10-8-16(3)5-6-17-10/h9-10,13H,4-8H2,1-3H3. The zero-order valence-electron chi connectivity index (χ0n) is 11.3. The zero-order valence-corrected chi connectivity index (χ0v) is 11.3. The van der Waals surface area contributed by atoms with E-state index in [0.29, 0.717) is 5.89 Å². The highest BCUT2D eigenvalue weighted by Gasteiger charge is 2.20. The number of nitrogens with one attached hydrogen (secondary N) is 1. The van der Waals surface area contributed by atoms with Crippen LogP contribution in [0.4, 0.5) is 0 Å². The van der Waals surface area contributed by atoms with Crippen LogP contribution in [0.15, 0.2) is 4.52 Å². The summed E-state index contributed by atoms with van der Waals surface area (Å²) in [6.45, 7) is 7.62. The first kappa shape index (κ1) is 13.5. The van der Waals surface area contributed by atoms with Crippen molar-refractivity contribution in [2.75, 3.05) is 33.3 Å². The van der Waals surface area contributed by atoms with Crippen LogP contribution in [0, 0.1) is 0 Å². The summed E-state index contributed by atoms with van der Waals surface area (Å²) >= 11 is 0. The van der Waals surface area contributed by atoms with Gasteiger partial charge in [0, 0.05) is 26.1 Å². The molecule has 0 saturated carbocycles. The van der Waals surface area contributed by atoms with Gasteiger partial charge in [0.05, 0.1) is 18.8 Å². The average molecular weight is 254 g/mol. The van der Waals surface area contributed by atoms with E-state index in [1.165, 1.54) is 0 Å². The fraction of sp³-hybridized carbons (Fsp3) is 0.833. The number of aromatic nitrogens is 2. The molecule has 6 heteroatoms. The molecule has 2 atom stereocenters. The Balaban J connectivity index is 1.78. The fourth-order valence-corrected chi connectivity index (χ4v) is 1.97. The molecular weight excluding hydrogens is 232 g/mol. The third kappa shape index (κ3) is 3.51. The van der Waals surface area contributed by atoms with Gasteiger partial charge >= 0.3 is 0 Å². The van der Waals surface area contributed by atoms with E-state index in [2.05, 4.69) is 27.4 Å². The van der Waals surface area contributed by atoms with Crippen molar-refractivity contribution in [3.8, 4) is 0 Å². The number of likely N-dealkylation sites (N-methyl/N-ethyl adjacent to an activating group) is 1. The number of aryl methyl sites for hydroxylation is 1. The summed E-state index contributed by atoms with van der Waals surface area (Å²) in [5.41, 5.74) is 0. The van der Waals surface area contributed by atoms with Crippen molar-refractivity contribution in [3.63, 3.8) is 0 Å². The summed E-state index contributed by atoms with van der Waals surface area (Å²) in [7, 11) is 2.12. The minimum Gasteiger partial charge on any atom is -0.374 e. The molecule has 6 nitrogen and oxygen atoms in total. The second-order valence-corrected chi connectivity index (χ2v) is 4.79. The summed E-state index contributed by atoms with van der Waals surface area (Å²) in [4.78, 5) is 6.60. The Hall–Kier alpha value is -0.980. The molecule has 2 unspecified atom stereocenters. The molecule has 1 fully saturated rings. The lowest BCUT2D eigenvalue weighted by Crippen LogP contribution is -2.45. The Kier molecular flexibility index (Phi) is 4.68. The Morgan fingerprint density at radius 2 is 2.39 bits per heavy atom. The van der Waals surface area contributed by atoms with Crippen LogP contribution in [0.2, 0.25) is 0 Å². The number of hydrogen-bond acceptors (Lipinski definition) is 6. The second-order valence-electron chi connectivity index (χ2n) is 4.79. The van der Waals surface area contributed by atoms with E-state index in [1.54, 1.807) is 0 Å². The SMILES string of the molecule is CCc1noc(C(C)NCC2CN(C)CCO2)n1. The molecule has 1 aromatic heterocycles. The summed E-state index contributed by atoms with van der Waals surface area (Å²) < 4.78 is 10.9. The quantitative estimate of drug-likeness (QED) is 0.831. The van der Waals surface area contributed by atoms with Gasteiger partial charge in [0.25, 0.3) is 0 Å². The van der Waals surface area contributed by atoms with Crippen molar-refractivity contribution >= 4 is 0 Å². The molecular formula is C12H22N4O2. The minimum atomic E-state index is 0.0635. The van der Waals surface area contributed by atoms with Crippen LogP contribution < -0.4 is 5.32 Å². The van der Waals surface area contributed by atoms with Crippen LogP contribution in [0.5, 0.6) is 0 Å². The lowest BCUT2D eigenvalue weighted by atomic mass is 10.2. The van der Waals surface area contributed by atoms with Crippen molar-refractivity contribution in [2.45, 2.75) is 32.4 Å². The molecule has 18 heavy (non-hydrogen) atoms. The molecule has 1 aliphatic rings.